The molecule has 0 amide bonds. The molecule has 0 radical (unpaired) electrons. The molecule has 0 unspecified atom stereocenters. The number of hydrogen-bond donors (Lipinski definition) is 0. The average molecular weight is 638 g/mol. The van der Waals surface area contributed by atoms with Gasteiger partial charge in [-0.25, -0.2) is 16.1 Å². The summed E-state index contributed by atoms with van der Waals surface area (Å²) < 4.78 is 7.87. The normalized spacial score (nSPS) is 10.9. The van der Waals surface area contributed by atoms with Gasteiger partial charge in [-0.15, -0.1) is 38.6 Å². The van der Waals surface area contributed by atoms with E-state index in [0.717, 1.165) is 38.6 Å². The van der Waals surface area contributed by atoms with Gasteiger partial charge >= 0.3 is 21.1 Å². The maximum atomic E-state index is 5.94. The predicted molar refractivity (Wildman–Crippen MR) is 129 cm³/mol. The molecule has 3 aromatic carbocycles. The van der Waals surface area contributed by atoms with E-state index in [1.807, 2.05) is 72.2 Å². The number of para-hydroxylation sites is 1. The number of nitrogens with zero attached hydrogens (tertiary/aromatic N) is 6. The Labute approximate surface area is 216 Å². The first kappa shape index (κ1) is 22.8. The van der Waals surface area contributed by atoms with Crippen molar-refractivity contribution in [2.45, 2.75) is 13.8 Å². The number of fused-ring (bicyclic) bond motifs is 3. The Kier molecular flexibility index (Phi) is 6.10. The van der Waals surface area contributed by atoms with E-state index in [1.165, 1.54) is 0 Å². The smallest absolute Gasteiger partial charge is 0.460 e. The summed E-state index contributed by atoms with van der Waals surface area (Å²) in [6, 6.07) is 30.5. The summed E-state index contributed by atoms with van der Waals surface area (Å²) in [4.78, 5) is 4.41. The van der Waals surface area contributed by atoms with Gasteiger partial charge in [0, 0.05) is 23.0 Å². The van der Waals surface area contributed by atoms with E-state index in [-0.39, 0.29) is 21.1 Å². The predicted octanol–water partition coefficient (Wildman–Crippen LogP) is 5.43. The summed E-state index contributed by atoms with van der Waals surface area (Å²) in [6.07, 6.45) is 0. The molecule has 6 rings (SSSR count). The monoisotopic (exact) mass is 637 g/mol. The second-order valence-electron chi connectivity index (χ2n) is 7.88. The number of aromatic nitrogens is 6. The number of ether oxygens (including phenoxy) is 1. The van der Waals surface area contributed by atoms with Crippen molar-refractivity contribution in [2.24, 2.45) is 0 Å². The minimum Gasteiger partial charge on any atom is -0.460 e. The van der Waals surface area contributed by atoms with E-state index in [2.05, 4.69) is 49.6 Å². The number of aryl methyl sites for hydroxylation is 2. The molecule has 0 aliphatic heterocycles. The van der Waals surface area contributed by atoms with Crippen molar-refractivity contribution in [3.05, 3.63) is 96.4 Å². The molecule has 0 fully saturated rings. The Bertz CT molecular complexity index is 1660. The van der Waals surface area contributed by atoms with E-state index in [0.29, 0.717) is 23.4 Å². The number of pyridine rings is 1. The Morgan fingerprint density at radius 2 is 1.49 bits per heavy atom. The summed E-state index contributed by atoms with van der Waals surface area (Å²) in [5, 5.41) is 18.9. The van der Waals surface area contributed by atoms with Crippen molar-refractivity contribution < 1.29 is 25.8 Å². The fourth-order valence-electron chi connectivity index (χ4n) is 3.97. The molecule has 0 saturated carbocycles. The standard InChI is InChI=1S/C27H18N6O.Pt/c1-17-7-5-12-26(28-17)34-21-9-6-8-19(15-21)20-13-14-23-22-10-3-4-11-24(22)33(25(23)16-20)27-31-29-18(2)30-32-27;/h3-14H,1-2H3;/q-2;+2. The Balaban J connectivity index is 0.00000253. The fraction of sp³-hybridized carbons (Fsp3) is 0.0741. The second-order valence-corrected chi connectivity index (χ2v) is 7.88. The Hall–Kier alpha value is -3.96. The van der Waals surface area contributed by atoms with Gasteiger partial charge in [0.05, 0.1) is 0 Å². The molecule has 7 nitrogen and oxygen atoms in total. The van der Waals surface area contributed by atoms with E-state index in [9.17, 15) is 0 Å². The molecule has 35 heavy (non-hydrogen) atoms. The first-order valence-electron chi connectivity index (χ1n) is 10.8. The molecular weight excluding hydrogens is 619 g/mol. The van der Waals surface area contributed by atoms with E-state index in [1.54, 1.807) is 6.92 Å². The molecule has 0 aliphatic rings. The maximum Gasteiger partial charge on any atom is 2.00 e. The molecule has 3 aromatic heterocycles. The topological polar surface area (TPSA) is 78.6 Å². The van der Waals surface area contributed by atoms with Crippen LogP contribution in [0.4, 0.5) is 0 Å². The van der Waals surface area contributed by atoms with Crippen LogP contribution in [-0.4, -0.2) is 29.9 Å². The van der Waals surface area contributed by atoms with Crippen molar-refractivity contribution >= 4 is 21.8 Å². The van der Waals surface area contributed by atoms with Crippen molar-refractivity contribution in [3.63, 3.8) is 0 Å². The Morgan fingerprint density at radius 3 is 2.31 bits per heavy atom. The second kappa shape index (κ2) is 9.35. The van der Waals surface area contributed by atoms with Crippen LogP contribution in [0.25, 0.3) is 38.9 Å². The molecule has 0 bridgehead atoms. The van der Waals surface area contributed by atoms with Gasteiger partial charge in [0.15, 0.2) is 5.82 Å². The molecular formula is C27H18N6OPt. The summed E-state index contributed by atoms with van der Waals surface area (Å²) in [5.41, 5.74) is 4.41. The quantitative estimate of drug-likeness (QED) is 0.240. The molecule has 0 spiro atoms. The van der Waals surface area contributed by atoms with E-state index >= 15 is 0 Å². The molecule has 8 heteroatoms. The zero-order valence-electron chi connectivity index (χ0n) is 18.8. The molecule has 172 valence electrons. The van der Waals surface area contributed by atoms with Gasteiger partial charge in [0.2, 0.25) is 5.88 Å². The van der Waals surface area contributed by atoms with Gasteiger partial charge in [-0.05, 0) is 36.9 Å². The molecule has 0 N–H and O–H groups in total. The number of benzene rings is 3. The van der Waals surface area contributed by atoms with Crippen molar-refractivity contribution in [3.8, 4) is 28.7 Å². The number of rotatable bonds is 4. The van der Waals surface area contributed by atoms with Crippen molar-refractivity contribution in [2.75, 3.05) is 0 Å². The van der Waals surface area contributed by atoms with Crippen LogP contribution in [-0.2, 0) is 21.1 Å². The Morgan fingerprint density at radius 1 is 0.714 bits per heavy atom. The van der Waals surface area contributed by atoms with Crippen LogP contribution in [0.15, 0.2) is 72.8 Å². The third-order valence-corrected chi connectivity index (χ3v) is 5.49. The fourth-order valence-corrected chi connectivity index (χ4v) is 3.97. The van der Waals surface area contributed by atoms with E-state index in [4.69, 9.17) is 4.74 Å². The molecule has 0 saturated heterocycles. The van der Waals surface area contributed by atoms with Gasteiger partial charge in [-0.3, -0.25) is 4.57 Å². The average Bonchev–Trinajstić information content (AvgIpc) is 3.18. The van der Waals surface area contributed by atoms with E-state index < -0.39 is 0 Å². The number of hydrogen-bond acceptors (Lipinski definition) is 6. The van der Waals surface area contributed by atoms with Crippen LogP contribution in [0, 0.1) is 26.0 Å². The third-order valence-electron chi connectivity index (χ3n) is 5.49. The zero-order valence-corrected chi connectivity index (χ0v) is 21.1. The van der Waals surface area contributed by atoms with Crippen molar-refractivity contribution in [1.82, 2.24) is 29.9 Å². The molecule has 0 aliphatic carbocycles. The molecule has 3 heterocycles. The molecule has 6 aromatic rings. The zero-order chi connectivity index (χ0) is 23.1. The maximum absolute atomic E-state index is 5.94. The van der Waals surface area contributed by atoms with Crippen LogP contribution < -0.4 is 4.74 Å². The largest absolute Gasteiger partial charge is 2.00 e. The summed E-state index contributed by atoms with van der Waals surface area (Å²) in [7, 11) is 0. The van der Waals surface area contributed by atoms with Gasteiger partial charge in [0.1, 0.15) is 0 Å². The minimum absolute atomic E-state index is 0. The summed E-state index contributed by atoms with van der Waals surface area (Å²) in [6.45, 7) is 3.69. The van der Waals surface area contributed by atoms with Crippen LogP contribution in [0.5, 0.6) is 11.6 Å². The van der Waals surface area contributed by atoms with Crippen LogP contribution >= 0.6 is 0 Å². The van der Waals surface area contributed by atoms with Crippen LogP contribution in [0.1, 0.15) is 11.5 Å². The van der Waals surface area contributed by atoms with Gasteiger partial charge in [-0.2, -0.15) is 24.3 Å². The third kappa shape index (κ3) is 4.31. The minimum atomic E-state index is 0. The van der Waals surface area contributed by atoms with Crippen molar-refractivity contribution in [1.29, 1.82) is 0 Å². The van der Waals surface area contributed by atoms with Crippen LogP contribution in [0.3, 0.4) is 0 Å². The van der Waals surface area contributed by atoms with Gasteiger partial charge in [-0.1, -0.05) is 29.7 Å². The van der Waals surface area contributed by atoms with Crippen LogP contribution in [0.2, 0.25) is 0 Å². The first-order valence-corrected chi connectivity index (χ1v) is 10.8. The van der Waals surface area contributed by atoms with Gasteiger partial charge in [0.25, 0.3) is 5.95 Å². The molecule has 0 atom stereocenters. The first-order chi connectivity index (χ1) is 16.7. The summed E-state index contributed by atoms with van der Waals surface area (Å²) in [5.74, 6) is 2.03. The SMILES string of the molecule is Cc1cccc(Oc2[c-]c(-c3[c-]c4c(cc3)c3ccccc3n4-c3nnc(C)nn3)ccc2)n1.[Pt+2]. The van der Waals surface area contributed by atoms with Gasteiger partial charge < -0.3 is 4.74 Å². The summed E-state index contributed by atoms with van der Waals surface area (Å²) >= 11 is 0.